The molecule has 0 bridgehead atoms. The van der Waals surface area contributed by atoms with Gasteiger partial charge < -0.3 is 9.84 Å². The van der Waals surface area contributed by atoms with Crippen LogP contribution in [0.2, 0.25) is 0 Å². The lowest BCUT2D eigenvalue weighted by Crippen LogP contribution is -2.32. The third-order valence-electron chi connectivity index (χ3n) is 2.97. The molecule has 5 nitrogen and oxygen atoms in total. The summed E-state index contributed by atoms with van der Waals surface area (Å²) in [4.78, 5) is 15.2. The molecule has 98 valence electrons. The van der Waals surface area contributed by atoms with Crippen LogP contribution in [-0.4, -0.2) is 28.2 Å². The zero-order chi connectivity index (χ0) is 13.1. The van der Waals surface area contributed by atoms with E-state index in [0.29, 0.717) is 12.3 Å². The van der Waals surface area contributed by atoms with Crippen LogP contribution in [0.4, 0.5) is 0 Å². The van der Waals surface area contributed by atoms with Crippen LogP contribution in [0, 0.1) is 0 Å². The van der Waals surface area contributed by atoms with E-state index in [4.69, 9.17) is 9.84 Å². The predicted molar refractivity (Wildman–Crippen MR) is 66.5 cm³/mol. The lowest BCUT2D eigenvalue weighted by molar-refractivity contribution is -0.139. The van der Waals surface area contributed by atoms with Crippen molar-refractivity contribution in [1.29, 1.82) is 0 Å². The van der Waals surface area contributed by atoms with Crippen molar-refractivity contribution in [2.45, 2.75) is 44.9 Å². The number of hydrogen-bond acceptors (Lipinski definition) is 4. The highest BCUT2D eigenvalue weighted by Crippen LogP contribution is 2.31. The molecule has 0 radical (unpaired) electrons. The summed E-state index contributed by atoms with van der Waals surface area (Å²) in [6.45, 7) is 3.89. The minimum atomic E-state index is -0.798. The van der Waals surface area contributed by atoms with Crippen LogP contribution in [0.25, 0.3) is 0 Å². The number of pyridine rings is 1. The number of carboxylic acid groups (broad SMARTS) is 1. The number of carboxylic acids is 1. The molecule has 2 unspecified atom stereocenters. The van der Waals surface area contributed by atoms with E-state index in [1.165, 1.54) is 0 Å². The Hall–Kier alpha value is -1.62. The first kappa shape index (κ1) is 12.8. The fraction of sp³-hybridized carbons (Fsp3) is 0.538. The van der Waals surface area contributed by atoms with Crippen LogP contribution in [0.15, 0.2) is 18.3 Å². The molecule has 1 saturated heterocycles. The Labute approximate surface area is 106 Å². The van der Waals surface area contributed by atoms with Gasteiger partial charge in [-0.05, 0) is 32.8 Å². The van der Waals surface area contributed by atoms with Crippen molar-refractivity contribution in [2.24, 2.45) is 0 Å². The second-order valence-corrected chi connectivity index (χ2v) is 4.75. The highest BCUT2D eigenvalue weighted by molar-refractivity contribution is 5.74. The normalized spacial score (nSPS) is 23.3. The summed E-state index contributed by atoms with van der Waals surface area (Å²) in [5, 5.41) is 12.1. The van der Waals surface area contributed by atoms with Crippen LogP contribution >= 0.6 is 0 Å². The maximum Gasteiger partial charge on any atom is 0.320 e. The molecular formula is C13H18N2O3. The van der Waals surface area contributed by atoms with Crippen molar-refractivity contribution >= 4 is 5.97 Å². The molecule has 2 heterocycles. The Morgan fingerprint density at radius 2 is 2.33 bits per heavy atom. The number of nitrogens with zero attached hydrogens (tertiary/aromatic N) is 1. The van der Waals surface area contributed by atoms with Crippen LogP contribution in [0.3, 0.4) is 0 Å². The van der Waals surface area contributed by atoms with Gasteiger partial charge in [0.1, 0.15) is 6.04 Å². The molecule has 1 aromatic rings. The minimum absolute atomic E-state index is 0.00792. The summed E-state index contributed by atoms with van der Waals surface area (Å²) in [6, 6.07) is 3.32. The Bertz CT molecular complexity index is 434. The van der Waals surface area contributed by atoms with Crippen LogP contribution < -0.4 is 10.1 Å². The SMILES string of the molecule is CC(C)Oc1ncccc1C1CCC(C(=O)O)N1. The number of nitrogens with one attached hydrogen (secondary N) is 1. The average Bonchev–Trinajstić information content (AvgIpc) is 2.78. The number of aliphatic carboxylic acids is 1. The van der Waals surface area contributed by atoms with Gasteiger partial charge in [0.2, 0.25) is 5.88 Å². The van der Waals surface area contributed by atoms with E-state index in [0.717, 1.165) is 12.0 Å². The third-order valence-corrected chi connectivity index (χ3v) is 2.97. The van der Waals surface area contributed by atoms with Crippen molar-refractivity contribution in [3.63, 3.8) is 0 Å². The van der Waals surface area contributed by atoms with Crippen molar-refractivity contribution < 1.29 is 14.6 Å². The van der Waals surface area contributed by atoms with E-state index in [-0.39, 0.29) is 12.1 Å². The fourth-order valence-electron chi connectivity index (χ4n) is 2.17. The van der Waals surface area contributed by atoms with Crippen LogP contribution in [0.1, 0.15) is 38.3 Å². The van der Waals surface area contributed by atoms with E-state index in [1.54, 1.807) is 6.20 Å². The van der Waals surface area contributed by atoms with Gasteiger partial charge in [-0.15, -0.1) is 0 Å². The van der Waals surface area contributed by atoms with Crippen molar-refractivity contribution in [2.75, 3.05) is 0 Å². The van der Waals surface area contributed by atoms with Gasteiger partial charge in [-0.3, -0.25) is 10.1 Å². The molecule has 2 atom stereocenters. The average molecular weight is 250 g/mol. The number of rotatable bonds is 4. The van der Waals surface area contributed by atoms with Gasteiger partial charge in [-0.25, -0.2) is 4.98 Å². The Morgan fingerprint density at radius 1 is 1.56 bits per heavy atom. The van der Waals surface area contributed by atoms with E-state index >= 15 is 0 Å². The molecule has 2 N–H and O–H groups in total. The summed E-state index contributed by atoms with van der Waals surface area (Å²) in [7, 11) is 0. The van der Waals surface area contributed by atoms with Crippen molar-refractivity contribution in [3.05, 3.63) is 23.9 Å². The molecule has 0 saturated carbocycles. The predicted octanol–water partition coefficient (Wildman–Crippen LogP) is 1.75. The molecule has 1 fully saturated rings. The molecule has 1 aliphatic heterocycles. The van der Waals surface area contributed by atoms with E-state index in [1.807, 2.05) is 26.0 Å². The molecule has 0 aliphatic carbocycles. The van der Waals surface area contributed by atoms with E-state index in [9.17, 15) is 4.79 Å². The van der Waals surface area contributed by atoms with Gasteiger partial charge in [0.15, 0.2) is 0 Å². The van der Waals surface area contributed by atoms with Gasteiger partial charge in [0, 0.05) is 17.8 Å². The fourth-order valence-corrected chi connectivity index (χ4v) is 2.17. The number of aromatic nitrogens is 1. The number of ether oxygens (including phenoxy) is 1. The zero-order valence-corrected chi connectivity index (χ0v) is 10.6. The highest BCUT2D eigenvalue weighted by atomic mass is 16.5. The molecule has 2 rings (SSSR count). The third kappa shape index (κ3) is 2.79. The summed E-state index contributed by atoms with van der Waals surface area (Å²) in [6.07, 6.45) is 3.16. The molecule has 18 heavy (non-hydrogen) atoms. The topological polar surface area (TPSA) is 71.5 Å². The first-order chi connectivity index (χ1) is 8.58. The molecular weight excluding hydrogens is 232 g/mol. The standard InChI is InChI=1S/C13H18N2O3/c1-8(2)18-12-9(4-3-7-14-12)10-5-6-11(15-10)13(16)17/h3-4,7-8,10-11,15H,5-6H2,1-2H3,(H,16,17). The summed E-state index contributed by atoms with van der Waals surface area (Å²) in [5.74, 6) is -0.205. The smallest absolute Gasteiger partial charge is 0.320 e. The number of hydrogen-bond donors (Lipinski definition) is 2. The van der Waals surface area contributed by atoms with Crippen molar-refractivity contribution in [3.8, 4) is 5.88 Å². The Morgan fingerprint density at radius 3 is 2.94 bits per heavy atom. The van der Waals surface area contributed by atoms with Crippen LogP contribution in [-0.2, 0) is 4.79 Å². The van der Waals surface area contributed by atoms with E-state index in [2.05, 4.69) is 10.3 Å². The van der Waals surface area contributed by atoms with Crippen LogP contribution in [0.5, 0.6) is 5.88 Å². The second-order valence-electron chi connectivity index (χ2n) is 4.75. The maximum absolute atomic E-state index is 10.9. The van der Waals surface area contributed by atoms with Gasteiger partial charge in [0.25, 0.3) is 0 Å². The Kier molecular flexibility index (Phi) is 3.81. The molecule has 5 heteroatoms. The molecule has 0 amide bonds. The summed E-state index contributed by atoms with van der Waals surface area (Å²) < 4.78 is 5.65. The molecule has 1 aliphatic rings. The quantitative estimate of drug-likeness (QED) is 0.851. The first-order valence-corrected chi connectivity index (χ1v) is 6.18. The second kappa shape index (κ2) is 5.35. The first-order valence-electron chi connectivity index (χ1n) is 6.18. The zero-order valence-electron chi connectivity index (χ0n) is 10.6. The summed E-state index contributed by atoms with van der Waals surface area (Å²) in [5.41, 5.74) is 0.940. The monoisotopic (exact) mass is 250 g/mol. The van der Waals surface area contributed by atoms with Gasteiger partial charge >= 0.3 is 5.97 Å². The lowest BCUT2D eigenvalue weighted by Gasteiger charge is -2.17. The maximum atomic E-state index is 10.9. The highest BCUT2D eigenvalue weighted by Gasteiger charge is 2.31. The Balaban J connectivity index is 2.16. The molecule has 1 aromatic heterocycles. The van der Waals surface area contributed by atoms with E-state index < -0.39 is 12.0 Å². The van der Waals surface area contributed by atoms with Gasteiger partial charge in [0.05, 0.1) is 6.10 Å². The van der Waals surface area contributed by atoms with Gasteiger partial charge in [-0.2, -0.15) is 0 Å². The minimum Gasteiger partial charge on any atom is -0.480 e. The summed E-state index contributed by atoms with van der Waals surface area (Å²) >= 11 is 0. The lowest BCUT2D eigenvalue weighted by atomic mass is 10.1. The number of carbonyl (C=O) groups is 1. The largest absolute Gasteiger partial charge is 0.480 e. The van der Waals surface area contributed by atoms with Crippen molar-refractivity contribution in [1.82, 2.24) is 10.3 Å². The molecule has 0 spiro atoms. The van der Waals surface area contributed by atoms with Gasteiger partial charge in [-0.1, -0.05) is 6.07 Å². The molecule has 0 aromatic carbocycles.